The number of nitriles is 1. The summed E-state index contributed by atoms with van der Waals surface area (Å²) >= 11 is 0. The number of rotatable bonds is 4. The van der Waals surface area contributed by atoms with Gasteiger partial charge in [0.25, 0.3) is 0 Å². The van der Waals surface area contributed by atoms with Crippen molar-refractivity contribution in [1.82, 2.24) is 0 Å². The monoisotopic (exact) mass is 300 g/mol. The summed E-state index contributed by atoms with van der Waals surface area (Å²) in [5.41, 5.74) is 3.37. The molecule has 4 nitrogen and oxygen atoms in total. The molecule has 2 aromatic carbocycles. The first-order valence-corrected chi connectivity index (χ1v) is 8.33. The lowest BCUT2D eigenvalue weighted by Crippen LogP contribution is -2.04. The van der Waals surface area contributed by atoms with E-state index >= 15 is 0 Å². The molecule has 0 bridgehead atoms. The van der Waals surface area contributed by atoms with Crippen LogP contribution in [0.25, 0.3) is 0 Å². The Morgan fingerprint density at radius 2 is 1.81 bits per heavy atom. The fourth-order valence-electron chi connectivity index (χ4n) is 2.04. The Morgan fingerprint density at radius 1 is 1.14 bits per heavy atom. The molecule has 0 heterocycles. The molecule has 5 heteroatoms. The predicted molar refractivity (Wildman–Crippen MR) is 82.8 cm³/mol. The number of hydrogen-bond donors (Lipinski definition) is 1. The summed E-state index contributed by atoms with van der Waals surface area (Å²) in [5.74, 6) is 0. The van der Waals surface area contributed by atoms with Crippen molar-refractivity contribution in [2.24, 2.45) is 0 Å². The van der Waals surface area contributed by atoms with Crippen LogP contribution in [0.1, 0.15) is 16.7 Å². The van der Waals surface area contributed by atoms with E-state index in [1.54, 1.807) is 30.3 Å². The van der Waals surface area contributed by atoms with E-state index < -0.39 is 9.84 Å². The Bertz CT molecular complexity index is 788. The third kappa shape index (κ3) is 3.61. The van der Waals surface area contributed by atoms with Crippen LogP contribution in [0.5, 0.6) is 0 Å². The van der Waals surface area contributed by atoms with Gasteiger partial charge in [-0.3, -0.25) is 0 Å². The first kappa shape index (κ1) is 15.1. The molecule has 0 aliphatic carbocycles. The van der Waals surface area contributed by atoms with Crippen molar-refractivity contribution in [3.63, 3.8) is 0 Å². The molecule has 0 unspecified atom stereocenters. The molecule has 108 valence electrons. The van der Waals surface area contributed by atoms with Gasteiger partial charge in [0.05, 0.1) is 16.1 Å². The highest BCUT2D eigenvalue weighted by Gasteiger charge is 2.07. The zero-order valence-corrected chi connectivity index (χ0v) is 12.7. The fourth-order valence-corrected chi connectivity index (χ4v) is 2.67. The van der Waals surface area contributed by atoms with E-state index in [0.29, 0.717) is 17.0 Å². The maximum absolute atomic E-state index is 11.4. The Morgan fingerprint density at radius 3 is 2.38 bits per heavy atom. The van der Waals surface area contributed by atoms with Crippen molar-refractivity contribution in [3.05, 3.63) is 59.2 Å². The van der Waals surface area contributed by atoms with Crippen LogP contribution in [-0.4, -0.2) is 14.7 Å². The van der Waals surface area contributed by atoms with Crippen molar-refractivity contribution in [2.75, 3.05) is 11.6 Å². The van der Waals surface area contributed by atoms with Crippen LogP contribution < -0.4 is 5.32 Å². The van der Waals surface area contributed by atoms with E-state index in [-0.39, 0.29) is 0 Å². The summed E-state index contributed by atoms with van der Waals surface area (Å²) in [5, 5.41) is 12.3. The Balaban J connectivity index is 2.16. The Hall–Kier alpha value is -2.32. The van der Waals surface area contributed by atoms with Crippen molar-refractivity contribution >= 4 is 15.5 Å². The minimum Gasteiger partial charge on any atom is -0.380 e. The van der Waals surface area contributed by atoms with Gasteiger partial charge >= 0.3 is 0 Å². The molecule has 21 heavy (non-hydrogen) atoms. The summed E-state index contributed by atoms with van der Waals surface area (Å²) in [6.07, 6.45) is 1.19. The van der Waals surface area contributed by atoms with Gasteiger partial charge in [0.2, 0.25) is 0 Å². The van der Waals surface area contributed by atoms with E-state index in [4.69, 9.17) is 5.26 Å². The third-order valence-electron chi connectivity index (χ3n) is 3.21. The number of anilines is 1. The van der Waals surface area contributed by atoms with Gasteiger partial charge in [0.15, 0.2) is 9.84 Å². The topological polar surface area (TPSA) is 70.0 Å². The van der Waals surface area contributed by atoms with Gasteiger partial charge < -0.3 is 5.32 Å². The second kappa shape index (κ2) is 5.98. The molecular weight excluding hydrogens is 284 g/mol. The first-order valence-electron chi connectivity index (χ1n) is 6.44. The van der Waals surface area contributed by atoms with Gasteiger partial charge in [-0.15, -0.1) is 0 Å². The number of para-hydroxylation sites is 1. The largest absolute Gasteiger partial charge is 0.380 e. The van der Waals surface area contributed by atoms with Crippen LogP contribution in [-0.2, 0) is 16.4 Å². The Labute approximate surface area is 125 Å². The number of hydrogen-bond acceptors (Lipinski definition) is 4. The van der Waals surface area contributed by atoms with E-state index in [0.717, 1.165) is 16.8 Å². The minimum absolute atomic E-state index is 0.305. The smallest absolute Gasteiger partial charge is 0.175 e. The fraction of sp³-hybridized carbons (Fsp3) is 0.188. The van der Waals surface area contributed by atoms with Crippen molar-refractivity contribution in [3.8, 4) is 6.07 Å². The molecule has 0 atom stereocenters. The molecule has 0 fully saturated rings. The van der Waals surface area contributed by atoms with Gasteiger partial charge in [0, 0.05) is 12.8 Å². The summed E-state index contributed by atoms with van der Waals surface area (Å²) < 4.78 is 22.8. The van der Waals surface area contributed by atoms with E-state index in [2.05, 4.69) is 11.4 Å². The number of sulfone groups is 1. The zero-order chi connectivity index (χ0) is 15.5. The van der Waals surface area contributed by atoms with Crippen molar-refractivity contribution in [1.29, 1.82) is 5.26 Å². The van der Waals surface area contributed by atoms with Gasteiger partial charge in [-0.1, -0.05) is 24.3 Å². The van der Waals surface area contributed by atoms with Gasteiger partial charge in [-0.05, 0) is 36.2 Å². The average molecular weight is 300 g/mol. The molecule has 0 aromatic heterocycles. The highest BCUT2D eigenvalue weighted by atomic mass is 32.2. The third-order valence-corrected chi connectivity index (χ3v) is 4.34. The first-order chi connectivity index (χ1) is 9.91. The maximum Gasteiger partial charge on any atom is 0.175 e. The molecule has 0 saturated carbocycles. The number of nitrogens with one attached hydrogen (secondary N) is 1. The molecule has 0 radical (unpaired) electrons. The maximum atomic E-state index is 11.4. The predicted octanol–water partition coefficient (Wildman–Crippen LogP) is 2.88. The van der Waals surface area contributed by atoms with Gasteiger partial charge in [0.1, 0.15) is 6.07 Å². The lowest BCUT2D eigenvalue weighted by Gasteiger charge is -2.11. The van der Waals surface area contributed by atoms with Crippen molar-refractivity contribution in [2.45, 2.75) is 18.4 Å². The summed E-state index contributed by atoms with van der Waals surface area (Å²) in [7, 11) is -3.17. The quantitative estimate of drug-likeness (QED) is 0.942. The molecule has 2 aromatic rings. The normalized spacial score (nSPS) is 10.9. The molecule has 0 aliphatic rings. The number of nitrogens with zero attached hydrogens (tertiary/aromatic N) is 1. The van der Waals surface area contributed by atoms with Crippen LogP contribution in [0.15, 0.2) is 47.4 Å². The molecule has 2 rings (SSSR count). The zero-order valence-electron chi connectivity index (χ0n) is 11.9. The lowest BCUT2D eigenvalue weighted by atomic mass is 10.1. The van der Waals surface area contributed by atoms with Gasteiger partial charge in [-0.2, -0.15) is 5.26 Å². The number of aryl methyl sites for hydroxylation is 1. The van der Waals surface area contributed by atoms with Crippen LogP contribution in [0.3, 0.4) is 0 Å². The number of benzene rings is 2. The second-order valence-electron chi connectivity index (χ2n) is 4.88. The van der Waals surface area contributed by atoms with Crippen LogP contribution >= 0.6 is 0 Å². The average Bonchev–Trinajstić information content (AvgIpc) is 2.45. The van der Waals surface area contributed by atoms with E-state index in [1.807, 2.05) is 19.1 Å². The van der Waals surface area contributed by atoms with Crippen molar-refractivity contribution < 1.29 is 8.42 Å². The lowest BCUT2D eigenvalue weighted by molar-refractivity contribution is 0.602. The molecule has 1 N–H and O–H groups in total. The van der Waals surface area contributed by atoms with E-state index in [9.17, 15) is 8.42 Å². The molecule has 0 aliphatic heterocycles. The highest BCUT2D eigenvalue weighted by Crippen LogP contribution is 2.20. The SMILES string of the molecule is Cc1cccc(C#N)c1NCc1ccc(S(C)(=O)=O)cc1. The standard InChI is InChI=1S/C16H16N2O2S/c1-12-4-3-5-14(10-17)16(12)18-11-13-6-8-15(9-7-13)21(2,19)20/h3-9,18H,11H2,1-2H3. The van der Waals surface area contributed by atoms with E-state index in [1.165, 1.54) is 6.26 Å². The molecule has 0 amide bonds. The molecule has 0 saturated heterocycles. The van der Waals surface area contributed by atoms with Crippen LogP contribution in [0.4, 0.5) is 5.69 Å². The summed E-state index contributed by atoms with van der Waals surface area (Å²) in [6.45, 7) is 2.47. The molecular formula is C16H16N2O2S. The van der Waals surface area contributed by atoms with Crippen LogP contribution in [0.2, 0.25) is 0 Å². The van der Waals surface area contributed by atoms with Gasteiger partial charge in [-0.25, -0.2) is 8.42 Å². The Kier molecular flexibility index (Phi) is 4.29. The molecule has 0 spiro atoms. The van der Waals surface area contributed by atoms with Crippen LogP contribution in [0, 0.1) is 18.3 Å². The summed E-state index contributed by atoms with van der Waals surface area (Å²) in [4.78, 5) is 0.305. The minimum atomic E-state index is -3.17. The summed E-state index contributed by atoms with van der Waals surface area (Å²) in [6, 6.07) is 14.4. The second-order valence-corrected chi connectivity index (χ2v) is 6.89. The highest BCUT2D eigenvalue weighted by molar-refractivity contribution is 7.90.